The molecule has 0 aliphatic carbocycles. The van der Waals surface area contributed by atoms with Crippen LogP contribution in [0.5, 0.6) is 0 Å². The van der Waals surface area contributed by atoms with E-state index in [-0.39, 0.29) is 35.6 Å². The van der Waals surface area contributed by atoms with Crippen molar-refractivity contribution in [2.24, 2.45) is 0 Å². The highest BCUT2D eigenvalue weighted by Gasteiger charge is 2.13. The molecule has 0 spiro atoms. The number of hydrogen-bond donors (Lipinski definition) is 1. The van der Waals surface area contributed by atoms with Gasteiger partial charge in [-0.15, -0.1) is 15.3 Å². The van der Waals surface area contributed by atoms with Gasteiger partial charge in [-0.2, -0.15) is 5.26 Å². The summed E-state index contributed by atoms with van der Waals surface area (Å²) >= 11 is 1.12. The van der Waals surface area contributed by atoms with Crippen molar-refractivity contribution < 1.29 is 9.18 Å². The van der Waals surface area contributed by atoms with Gasteiger partial charge in [-0.1, -0.05) is 23.5 Å². The predicted molar refractivity (Wildman–Crippen MR) is 81.3 cm³/mol. The third-order valence-electron chi connectivity index (χ3n) is 2.96. The lowest BCUT2D eigenvalue weighted by Gasteiger charge is -2.02. The highest BCUT2D eigenvalue weighted by molar-refractivity contribution is 7.13. The normalized spacial score (nSPS) is 10.3. The molecule has 0 radical (unpaired) electrons. The fraction of sp³-hybridized carbons (Fsp3) is 0.143. The van der Waals surface area contributed by atoms with E-state index >= 15 is 0 Å². The molecule has 3 rings (SSSR count). The van der Waals surface area contributed by atoms with E-state index in [1.165, 1.54) is 23.1 Å². The Morgan fingerprint density at radius 2 is 2.12 bits per heavy atom. The second kappa shape index (κ2) is 6.93. The minimum Gasteiger partial charge on any atom is -0.346 e. The van der Waals surface area contributed by atoms with Crippen LogP contribution in [-0.4, -0.2) is 30.9 Å². The number of aromatic nitrogens is 5. The molecule has 0 aliphatic rings. The molecule has 24 heavy (non-hydrogen) atoms. The van der Waals surface area contributed by atoms with Gasteiger partial charge < -0.3 is 5.32 Å². The molecule has 0 unspecified atom stereocenters. The Morgan fingerprint density at radius 3 is 2.83 bits per heavy atom. The number of nitrogens with zero attached hydrogens (tertiary/aromatic N) is 6. The van der Waals surface area contributed by atoms with Crippen LogP contribution in [0.25, 0.3) is 0 Å². The Morgan fingerprint density at radius 1 is 1.33 bits per heavy atom. The Bertz CT molecular complexity index is 896. The van der Waals surface area contributed by atoms with Crippen LogP contribution in [-0.2, 0) is 13.1 Å². The molecular weight excluding hydrogens is 333 g/mol. The number of carbonyl (C=O) groups is 1. The molecule has 3 aromatic rings. The van der Waals surface area contributed by atoms with Crippen LogP contribution in [0.3, 0.4) is 0 Å². The van der Waals surface area contributed by atoms with Gasteiger partial charge in [0.1, 0.15) is 23.2 Å². The number of nitriles is 1. The Balaban J connectivity index is 1.59. The molecule has 2 heterocycles. The fourth-order valence-corrected chi connectivity index (χ4v) is 2.58. The number of benzene rings is 1. The van der Waals surface area contributed by atoms with E-state index < -0.39 is 0 Å². The molecule has 1 N–H and O–H groups in total. The summed E-state index contributed by atoms with van der Waals surface area (Å²) in [4.78, 5) is 15.8. The zero-order chi connectivity index (χ0) is 16.9. The number of carbonyl (C=O) groups excluding carboxylic acids is 1. The molecule has 0 bridgehead atoms. The summed E-state index contributed by atoms with van der Waals surface area (Å²) in [5.41, 5.74) is 0.779. The minimum atomic E-state index is -0.362. The van der Waals surface area contributed by atoms with Gasteiger partial charge in [0, 0.05) is 6.54 Å². The van der Waals surface area contributed by atoms with Gasteiger partial charge in [-0.3, -0.25) is 4.79 Å². The first kappa shape index (κ1) is 15.7. The maximum atomic E-state index is 12.8. The van der Waals surface area contributed by atoms with Gasteiger partial charge in [0.05, 0.1) is 6.54 Å². The molecule has 1 amide bonds. The van der Waals surface area contributed by atoms with E-state index in [1.807, 2.05) is 6.07 Å². The molecular formula is C14H10FN7OS. The van der Waals surface area contributed by atoms with Gasteiger partial charge in [0.25, 0.3) is 11.7 Å². The second-order valence-corrected chi connectivity index (χ2v) is 5.75. The molecule has 8 nitrogen and oxygen atoms in total. The van der Waals surface area contributed by atoms with Crippen molar-refractivity contribution in [2.45, 2.75) is 13.1 Å². The number of nitrogens with one attached hydrogen (secondary N) is 1. The van der Waals surface area contributed by atoms with Gasteiger partial charge in [0.2, 0.25) is 5.01 Å². The van der Waals surface area contributed by atoms with Crippen LogP contribution in [0.15, 0.2) is 30.6 Å². The molecule has 10 heteroatoms. The first-order valence-electron chi connectivity index (χ1n) is 6.78. The molecule has 0 saturated heterocycles. The molecule has 0 saturated carbocycles. The fourth-order valence-electron chi connectivity index (χ4n) is 1.83. The van der Waals surface area contributed by atoms with E-state index in [9.17, 15) is 9.18 Å². The highest BCUT2D eigenvalue weighted by Crippen LogP contribution is 2.11. The average Bonchev–Trinajstić information content (AvgIpc) is 3.24. The number of hydrogen-bond acceptors (Lipinski definition) is 7. The predicted octanol–water partition coefficient (Wildman–Crippen LogP) is 1.12. The highest BCUT2D eigenvalue weighted by atomic mass is 32.1. The summed E-state index contributed by atoms with van der Waals surface area (Å²) in [6.07, 6.45) is 1.41. The minimum absolute atomic E-state index is 0.0665. The average molecular weight is 343 g/mol. The molecule has 1 aromatic carbocycles. The van der Waals surface area contributed by atoms with E-state index in [4.69, 9.17) is 5.26 Å². The van der Waals surface area contributed by atoms with E-state index in [1.54, 1.807) is 12.1 Å². The van der Waals surface area contributed by atoms with Crippen molar-refractivity contribution in [3.05, 3.63) is 57.8 Å². The summed E-state index contributed by atoms with van der Waals surface area (Å²) in [6, 6.07) is 7.68. The van der Waals surface area contributed by atoms with E-state index in [0.29, 0.717) is 5.01 Å². The van der Waals surface area contributed by atoms with Crippen molar-refractivity contribution >= 4 is 17.2 Å². The van der Waals surface area contributed by atoms with Gasteiger partial charge in [-0.25, -0.2) is 14.1 Å². The Hall–Kier alpha value is -3.19. The quantitative estimate of drug-likeness (QED) is 0.743. The monoisotopic (exact) mass is 343 g/mol. The third kappa shape index (κ3) is 3.76. The standard InChI is InChI=1S/C14H10FN7OS/c15-10-3-1-9(2-4-10)6-17-13(23)14-20-19-12(24-14)7-22-8-18-11(5-16)21-22/h1-4,8H,6-7H2,(H,17,23). The second-order valence-electron chi connectivity index (χ2n) is 4.69. The summed E-state index contributed by atoms with van der Waals surface area (Å²) in [5, 5.41) is 23.8. The maximum Gasteiger partial charge on any atom is 0.282 e. The summed E-state index contributed by atoms with van der Waals surface area (Å²) in [5.74, 6) is -0.623. The largest absolute Gasteiger partial charge is 0.346 e. The number of amides is 1. The SMILES string of the molecule is N#Cc1ncn(Cc2nnc(C(=O)NCc3ccc(F)cc3)s2)n1. The zero-order valence-corrected chi connectivity index (χ0v) is 13.0. The Kier molecular flexibility index (Phi) is 4.53. The van der Waals surface area contributed by atoms with Crippen LogP contribution in [0, 0.1) is 17.1 Å². The van der Waals surface area contributed by atoms with Crippen LogP contribution in [0.2, 0.25) is 0 Å². The van der Waals surface area contributed by atoms with E-state index in [0.717, 1.165) is 16.9 Å². The van der Waals surface area contributed by atoms with Crippen molar-refractivity contribution in [3.8, 4) is 6.07 Å². The molecule has 0 fully saturated rings. The molecule has 0 atom stereocenters. The Labute approximate surface area is 139 Å². The molecule has 2 aromatic heterocycles. The maximum absolute atomic E-state index is 12.8. The van der Waals surface area contributed by atoms with Gasteiger partial charge in [-0.05, 0) is 17.7 Å². The van der Waals surface area contributed by atoms with E-state index in [2.05, 4.69) is 25.6 Å². The topological polar surface area (TPSA) is 109 Å². The molecule has 0 aliphatic heterocycles. The van der Waals surface area contributed by atoms with Crippen molar-refractivity contribution in [2.75, 3.05) is 0 Å². The van der Waals surface area contributed by atoms with Crippen molar-refractivity contribution in [1.29, 1.82) is 5.26 Å². The first-order valence-corrected chi connectivity index (χ1v) is 7.60. The first-order chi connectivity index (χ1) is 11.6. The lowest BCUT2D eigenvalue weighted by molar-refractivity contribution is 0.0950. The summed E-state index contributed by atoms with van der Waals surface area (Å²) < 4.78 is 14.3. The van der Waals surface area contributed by atoms with Crippen molar-refractivity contribution in [3.63, 3.8) is 0 Å². The lowest BCUT2D eigenvalue weighted by atomic mass is 10.2. The van der Waals surface area contributed by atoms with Crippen LogP contribution >= 0.6 is 11.3 Å². The smallest absolute Gasteiger partial charge is 0.282 e. The zero-order valence-electron chi connectivity index (χ0n) is 12.2. The number of rotatable bonds is 5. The summed E-state index contributed by atoms with van der Waals surface area (Å²) in [7, 11) is 0. The lowest BCUT2D eigenvalue weighted by Crippen LogP contribution is -2.22. The summed E-state index contributed by atoms with van der Waals surface area (Å²) in [6.45, 7) is 0.542. The van der Waals surface area contributed by atoms with Gasteiger partial charge in [0.15, 0.2) is 0 Å². The molecule has 120 valence electrons. The van der Waals surface area contributed by atoms with Gasteiger partial charge >= 0.3 is 0 Å². The van der Waals surface area contributed by atoms with Crippen LogP contribution in [0.1, 0.15) is 26.2 Å². The van der Waals surface area contributed by atoms with Crippen LogP contribution < -0.4 is 5.32 Å². The number of halogens is 1. The van der Waals surface area contributed by atoms with Crippen molar-refractivity contribution in [1.82, 2.24) is 30.3 Å². The van der Waals surface area contributed by atoms with Crippen LogP contribution in [0.4, 0.5) is 4.39 Å². The third-order valence-corrected chi connectivity index (χ3v) is 3.87.